The fourth-order valence-corrected chi connectivity index (χ4v) is 4.41. The van der Waals surface area contributed by atoms with E-state index in [-0.39, 0.29) is 16.7 Å². The van der Waals surface area contributed by atoms with Crippen molar-refractivity contribution in [3.63, 3.8) is 0 Å². The molecule has 0 aliphatic rings. The van der Waals surface area contributed by atoms with Crippen LogP contribution in [0.3, 0.4) is 0 Å². The van der Waals surface area contributed by atoms with Gasteiger partial charge in [-0.15, -0.1) is 0 Å². The second-order valence-electron chi connectivity index (χ2n) is 10.7. The Morgan fingerprint density at radius 1 is 0.931 bits per heavy atom. The molecule has 4 atom stereocenters. The minimum atomic E-state index is -2.45. The van der Waals surface area contributed by atoms with Crippen LogP contribution in [0.4, 0.5) is 0 Å². The Morgan fingerprint density at radius 2 is 1.38 bits per heavy atom. The first-order chi connectivity index (χ1) is 12.8. The van der Waals surface area contributed by atoms with Crippen molar-refractivity contribution in [3.05, 3.63) is 0 Å². The maximum absolute atomic E-state index is 11.7. The smallest absolute Gasteiger partial charge is 0.303 e. The average molecular weight is 451 g/mol. The molecular formula is C20H42O7Si2. The molecule has 0 aromatic carbocycles. The molecule has 0 saturated heterocycles. The first-order valence-electron chi connectivity index (χ1n) is 10.1. The Morgan fingerprint density at radius 3 is 1.72 bits per heavy atom. The predicted octanol–water partition coefficient (Wildman–Crippen LogP) is 3.25. The summed E-state index contributed by atoms with van der Waals surface area (Å²) in [5, 5.41) is 20.9. The number of aliphatic hydroxyl groups excluding tert-OH is 2. The van der Waals surface area contributed by atoms with Crippen LogP contribution in [0, 0.1) is 0 Å². The van der Waals surface area contributed by atoms with Gasteiger partial charge in [0, 0.05) is 6.92 Å². The Bertz CT molecular complexity index is 550. The summed E-state index contributed by atoms with van der Waals surface area (Å²) in [4.78, 5) is 23.1. The van der Waals surface area contributed by atoms with E-state index in [4.69, 9.17) is 13.6 Å². The van der Waals surface area contributed by atoms with Crippen LogP contribution in [0.25, 0.3) is 0 Å². The van der Waals surface area contributed by atoms with Crippen molar-refractivity contribution in [3.8, 4) is 0 Å². The molecule has 7 nitrogen and oxygen atoms in total. The second-order valence-corrected chi connectivity index (χ2v) is 20.2. The average Bonchev–Trinajstić information content (AvgIpc) is 2.52. The minimum Gasteiger partial charge on any atom is -0.457 e. The van der Waals surface area contributed by atoms with Crippen LogP contribution >= 0.6 is 0 Å². The molecule has 0 aliphatic carbocycles. The first-order valence-corrected chi connectivity index (χ1v) is 15.9. The molecule has 0 amide bonds. The highest BCUT2D eigenvalue weighted by Crippen LogP contribution is 2.39. The van der Waals surface area contributed by atoms with Gasteiger partial charge in [-0.05, 0) is 36.3 Å². The lowest BCUT2D eigenvalue weighted by Crippen LogP contribution is -2.57. The third-order valence-electron chi connectivity index (χ3n) is 6.14. The number of carbonyl (C=O) groups excluding carboxylic acids is 2. The van der Waals surface area contributed by atoms with Crippen molar-refractivity contribution < 1.29 is 33.4 Å². The van der Waals surface area contributed by atoms with Crippen LogP contribution in [-0.2, 0) is 23.2 Å². The Balaban J connectivity index is 5.79. The summed E-state index contributed by atoms with van der Waals surface area (Å²) in [5.74, 6) is -0.636. The Kier molecular flexibility index (Phi) is 9.94. The maximum atomic E-state index is 11.7. The lowest BCUT2D eigenvalue weighted by molar-refractivity contribution is -0.170. The van der Waals surface area contributed by atoms with Gasteiger partial charge in [0.2, 0.25) is 0 Å². The summed E-state index contributed by atoms with van der Waals surface area (Å²) in [6, 6.07) is 0. The van der Waals surface area contributed by atoms with E-state index >= 15 is 0 Å². The van der Waals surface area contributed by atoms with Crippen molar-refractivity contribution in [2.24, 2.45) is 0 Å². The molecule has 0 saturated carbocycles. The number of ether oxygens (including phenoxy) is 1. The van der Waals surface area contributed by atoms with Gasteiger partial charge in [-0.3, -0.25) is 4.79 Å². The van der Waals surface area contributed by atoms with E-state index < -0.39 is 47.0 Å². The van der Waals surface area contributed by atoms with Crippen molar-refractivity contribution in [1.82, 2.24) is 0 Å². The molecule has 0 fully saturated rings. The van der Waals surface area contributed by atoms with Crippen molar-refractivity contribution in [1.29, 1.82) is 0 Å². The van der Waals surface area contributed by atoms with E-state index in [9.17, 15) is 19.8 Å². The van der Waals surface area contributed by atoms with Crippen LogP contribution in [0.1, 0.15) is 48.5 Å². The van der Waals surface area contributed by atoms with Crippen molar-refractivity contribution >= 4 is 28.9 Å². The number of carbonyl (C=O) groups is 2. The van der Waals surface area contributed by atoms with Crippen LogP contribution in [0.2, 0.25) is 36.3 Å². The van der Waals surface area contributed by atoms with E-state index in [1.54, 1.807) is 0 Å². The van der Waals surface area contributed by atoms with Gasteiger partial charge >= 0.3 is 5.97 Å². The number of aldehydes is 1. The minimum absolute atomic E-state index is 0.0665. The topological polar surface area (TPSA) is 102 Å². The lowest BCUT2D eigenvalue weighted by Gasteiger charge is -2.43. The fourth-order valence-electron chi connectivity index (χ4n) is 2.09. The van der Waals surface area contributed by atoms with Crippen LogP contribution in [-0.4, -0.2) is 70.1 Å². The summed E-state index contributed by atoms with van der Waals surface area (Å²) in [6.07, 6.45) is -4.87. The summed E-state index contributed by atoms with van der Waals surface area (Å²) in [7, 11) is -4.61. The van der Waals surface area contributed by atoms with Gasteiger partial charge < -0.3 is 28.6 Å². The summed E-state index contributed by atoms with van der Waals surface area (Å²) in [6.45, 7) is 21.4. The van der Waals surface area contributed by atoms with Crippen LogP contribution < -0.4 is 0 Å². The van der Waals surface area contributed by atoms with E-state index in [0.717, 1.165) is 0 Å². The van der Waals surface area contributed by atoms with Gasteiger partial charge in [-0.1, -0.05) is 41.5 Å². The molecule has 0 spiro atoms. The molecule has 0 aliphatic heterocycles. The first kappa shape index (κ1) is 28.4. The summed E-state index contributed by atoms with van der Waals surface area (Å²) >= 11 is 0. The molecular weight excluding hydrogens is 408 g/mol. The number of aliphatic hydroxyl groups is 2. The Labute approximate surface area is 178 Å². The quantitative estimate of drug-likeness (QED) is 0.299. The van der Waals surface area contributed by atoms with Gasteiger partial charge in [0.05, 0.1) is 6.61 Å². The number of hydrogen-bond donors (Lipinski definition) is 2. The van der Waals surface area contributed by atoms with Crippen molar-refractivity contribution in [2.45, 2.75) is 109 Å². The molecule has 0 aromatic rings. The normalized spacial score (nSPS) is 18.0. The van der Waals surface area contributed by atoms with Gasteiger partial charge in [0.25, 0.3) is 0 Å². The highest BCUT2D eigenvalue weighted by atomic mass is 28.4. The van der Waals surface area contributed by atoms with Crippen LogP contribution in [0.5, 0.6) is 0 Å². The van der Waals surface area contributed by atoms with E-state index in [2.05, 4.69) is 20.8 Å². The largest absolute Gasteiger partial charge is 0.457 e. The van der Waals surface area contributed by atoms with Crippen molar-refractivity contribution in [2.75, 3.05) is 6.61 Å². The third-order valence-corrected chi connectivity index (χ3v) is 15.1. The zero-order valence-corrected chi connectivity index (χ0v) is 22.0. The highest BCUT2D eigenvalue weighted by molar-refractivity contribution is 6.74. The van der Waals surface area contributed by atoms with Gasteiger partial charge in [0.15, 0.2) is 29.0 Å². The summed E-state index contributed by atoms with van der Waals surface area (Å²) < 4.78 is 17.6. The maximum Gasteiger partial charge on any atom is 0.303 e. The molecule has 0 radical (unpaired) electrons. The molecule has 0 aromatic heterocycles. The zero-order chi connectivity index (χ0) is 23.4. The molecule has 4 unspecified atom stereocenters. The zero-order valence-electron chi connectivity index (χ0n) is 20.0. The molecule has 0 rings (SSSR count). The van der Waals surface area contributed by atoms with E-state index in [0.29, 0.717) is 6.29 Å². The molecule has 29 heavy (non-hydrogen) atoms. The molecule has 9 heteroatoms. The predicted molar refractivity (Wildman–Crippen MR) is 119 cm³/mol. The van der Waals surface area contributed by atoms with E-state index in [1.807, 2.05) is 47.0 Å². The van der Waals surface area contributed by atoms with E-state index in [1.165, 1.54) is 6.92 Å². The number of esters is 1. The highest BCUT2D eigenvalue weighted by Gasteiger charge is 2.46. The molecule has 172 valence electrons. The monoisotopic (exact) mass is 450 g/mol. The standard InChI is InChI=1S/C20H42O7Si2/c1-14(22)26-17(16(24)13-25-28(8,9)19(2,3)4)18(15(23)12-21)27-29(10,11)20(5,6)7/h12,15-18,23-24H,13H2,1-11H3. The molecule has 0 bridgehead atoms. The van der Waals surface area contributed by atoms with Gasteiger partial charge in [-0.25, -0.2) is 0 Å². The number of rotatable bonds is 10. The van der Waals surface area contributed by atoms with Gasteiger partial charge in [-0.2, -0.15) is 0 Å². The molecule has 0 heterocycles. The third kappa shape index (κ3) is 8.22. The molecule has 2 N–H and O–H groups in total. The second kappa shape index (κ2) is 10.1. The fraction of sp³-hybridized carbons (Fsp3) is 0.900. The van der Waals surface area contributed by atoms with Gasteiger partial charge in [0.1, 0.15) is 18.3 Å². The van der Waals surface area contributed by atoms with Crippen LogP contribution in [0.15, 0.2) is 0 Å². The summed E-state index contributed by atoms with van der Waals surface area (Å²) in [5.41, 5.74) is 0. The SMILES string of the molecule is CC(=O)OC(C(O)CO[Si](C)(C)C(C)(C)C)C(O[Si](C)(C)C(C)(C)C)C(O)C=O. The Hall–Kier alpha value is -0.586. The number of hydrogen-bond acceptors (Lipinski definition) is 7. The lowest BCUT2D eigenvalue weighted by atomic mass is 10.0.